The van der Waals surface area contributed by atoms with Crippen molar-refractivity contribution in [2.24, 2.45) is 15.3 Å². The van der Waals surface area contributed by atoms with Gasteiger partial charge in [-0.25, -0.2) is 4.98 Å². The summed E-state index contributed by atoms with van der Waals surface area (Å²) < 4.78 is 10.7. The van der Waals surface area contributed by atoms with E-state index in [1.54, 1.807) is 42.5 Å². The summed E-state index contributed by atoms with van der Waals surface area (Å²) in [6.07, 6.45) is -14.7. The average molecular weight is 538 g/mol. The van der Waals surface area contributed by atoms with Crippen molar-refractivity contribution in [3.8, 4) is 0 Å². The molecule has 1 aliphatic rings. The van der Waals surface area contributed by atoms with Gasteiger partial charge in [-0.1, -0.05) is 24.3 Å². The maximum atomic E-state index is 10.9. The summed E-state index contributed by atoms with van der Waals surface area (Å²) in [6, 6.07) is 13.4. The summed E-state index contributed by atoms with van der Waals surface area (Å²) in [5.74, 6) is -0.314. The zero-order valence-corrected chi connectivity index (χ0v) is 20.0. The fourth-order valence-corrected chi connectivity index (χ4v) is 3.47. The molecule has 38 heavy (non-hydrogen) atoms. The summed E-state index contributed by atoms with van der Waals surface area (Å²) >= 11 is 0. The van der Waals surface area contributed by atoms with Crippen molar-refractivity contribution < 1.29 is 50.3 Å². The maximum Gasteiger partial charge on any atom is 0.202 e. The Morgan fingerprint density at radius 3 is 2.32 bits per heavy atom. The van der Waals surface area contributed by atoms with Crippen molar-refractivity contribution in [2.75, 3.05) is 18.6 Å². The van der Waals surface area contributed by atoms with E-state index >= 15 is 0 Å². The number of anilines is 1. The van der Waals surface area contributed by atoms with Crippen LogP contribution in [0.25, 0.3) is 0 Å². The number of pyridine rings is 1. The number of amidine groups is 1. The molecule has 0 saturated carbocycles. The minimum absolute atomic E-state index is 0.158. The van der Waals surface area contributed by atoms with Crippen molar-refractivity contribution in [3.63, 3.8) is 0 Å². The van der Waals surface area contributed by atoms with E-state index in [1.165, 1.54) is 12.3 Å². The van der Waals surface area contributed by atoms with Crippen LogP contribution < -0.4 is 5.43 Å². The lowest BCUT2D eigenvalue weighted by molar-refractivity contribution is -0.326. The third-order valence-corrected chi connectivity index (χ3v) is 5.61. The lowest BCUT2D eigenvalue weighted by Gasteiger charge is -2.42. The largest absolute Gasteiger partial charge is 0.394 e. The summed E-state index contributed by atoms with van der Waals surface area (Å²) in [6.45, 7) is -1.70. The molecule has 9 N–H and O–H groups in total. The van der Waals surface area contributed by atoms with E-state index in [0.717, 1.165) is 0 Å². The molecule has 0 bridgehead atoms. The molecule has 1 fully saturated rings. The highest BCUT2D eigenvalue weighted by atomic mass is 16.7. The summed E-state index contributed by atoms with van der Waals surface area (Å²) in [5, 5.41) is 93.1. The van der Waals surface area contributed by atoms with Crippen LogP contribution in [-0.2, 0) is 9.47 Å². The van der Waals surface area contributed by atoms with Crippen LogP contribution in [0.4, 0.5) is 11.5 Å². The second-order valence-electron chi connectivity index (χ2n) is 8.32. The first-order chi connectivity index (χ1) is 18.3. The van der Waals surface area contributed by atoms with Crippen LogP contribution in [-0.4, -0.2) is 120 Å². The van der Waals surface area contributed by atoms with E-state index in [-0.39, 0.29) is 5.82 Å². The van der Waals surface area contributed by atoms with Crippen LogP contribution >= 0.6 is 0 Å². The fraction of sp³-hybridized carbons (Fsp3) is 0.478. The molecule has 1 aromatic carbocycles. The topological polar surface area (TPSA) is 242 Å². The Morgan fingerprint density at radius 2 is 1.68 bits per heavy atom. The number of ether oxygens (including phenoxy) is 2. The summed E-state index contributed by atoms with van der Waals surface area (Å²) in [4.78, 5) is 3.98. The number of hydrogen-bond acceptors (Lipinski definition) is 14. The molecule has 1 aromatic heterocycles. The average Bonchev–Trinajstić information content (AvgIpc) is 2.95. The first kappa shape index (κ1) is 29.6. The Bertz CT molecular complexity index is 1030. The number of nitrogens with one attached hydrogen (secondary N) is 1. The number of aliphatic hydroxyl groups is 8. The number of hydrazone groups is 1. The second kappa shape index (κ2) is 14.3. The molecule has 9 atom stereocenters. The molecular formula is C23H31N5O10. The number of rotatable bonds is 11. The molecule has 0 aliphatic carbocycles. The van der Waals surface area contributed by atoms with Crippen molar-refractivity contribution in [1.82, 2.24) is 4.98 Å². The molecule has 15 nitrogen and oxygen atoms in total. The Kier molecular flexibility index (Phi) is 11.1. The van der Waals surface area contributed by atoms with E-state index in [2.05, 4.69) is 25.7 Å². The number of nitrogens with zero attached hydrogens (tertiary/aromatic N) is 4. The highest BCUT2D eigenvalue weighted by Gasteiger charge is 2.47. The molecule has 0 spiro atoms. The van der Waals surface area contributed by atoms with Gasteiger partial charge in [0, 0.05) is 6.20 Å². The quantitative estimate of drug-likeness (QED) is 0.0645. The standard InChI is InChI=1S/C23H31N5O10/c29-10-13(31)21(38-23-20(36)17(33)16(32)14(11-30)37-23)18(34)19(35)22(27-25-12-6-2-1-3-7-12)28-26-15-8-4-5-9-24-15/h1-9,13-14,16-21,23,25,29-36H,10-11H2/b27-22-,28-26?/t13-,14-,16-,17+,18-,19-,20-,21-,23-/m1/s1. The molecule has 0 amide bonds. The van der Waals surface area contributed by atoms with Crippen LogP contribution in [0.2, 0.25) is 0 Å². The third-order valence-electron chi connectivity index (χ3n) is 5.61. The second-order valence-corrected chi connectivity index (χ2v) is 8.32. The van der Waals surface area contributed by atoms with Gasteiger partial charge in [0.2, 0.25) is 5.84 Å². The zero-order chi connectivity index (χ0) is 27.7. The van der Waals surface area contributed by atoms with Gasteiger partial charge in [0.05, 0.1) is 18.9 Å². The summed E-state index contributed by atoms with van der Waals surface area (Å²) in [5.41, 5.74) is 3.15. The maximum absolute atomic E-state index is 10.9. The minimum Gasteiger partial charge on any atom is -0.394 e. The van der Waals surface area contributed by atoms with Crippen LogP contribution in [0.3, 0.4) is 0 Å². The predicted octanol–water partition coefficient (Wildman–Crippen LogP) is -2.15. The smallest absolute Gasteiger partial charge is 0.202 e. The van der Waals surface area contributed by atoms with Crippen LogP contribution in [0.15, 0.2) is 70.1 Å². The van der Waals surface area contributed by atoms with E-state index in [9.17, 15) is 40.9 Å². The van der Waals surface area contributed by atoms with Gasteiger partial charge >= 0.3 is 0 Å². The monoisotopic (exact) mass is 537 g/mol. The van der Waals surface area contributed by atoms with E-state index in [1.807, 2.05) is 0 Å². The fourth-order valence-electron chi connectivity index (χ4n) is 3.47. The molecule has 1 aliphatic heterocycles. The molecule has 0 unspecified atom stereocenters. The van der Waals surface area contributed by atoms with Crippen LogP contribution in [0.1, 0.15) is 0 Å². The van der Waals surface area contributed by atoms with Gasteiger partial charge in [0.1, 0.15) is 48.8 Å². The number of hydrogen-bond donors (Lipinski definition) is 9. The Morgan fingerprint density at radius 1 is 0.974 bits per heavy atom. The molecular weight excluding hydrogens is 506 g/mol. The Labute approximate surface area is 217 Å². The van der Waals surface area contributed by atoms with E-state index < -0.39 is 74.2 Å². The molecule has 3 rings (SSSR count). The number of benzene rings is 1. The molecule has 15 heteroatoms. The Hall–Kier alpha value is -2.96. The lowest BCUT2D eigenvalue weighted by atomic mass is 9.98. The van der Waals surface area contributed by atoms with Crippen LogP contribution in [0.5, 0.6) is 0 Å². The molecule has 2 aromatic rings. The van der Waals surface area contributed by atoms with Crippen molar-refractivity contribution in [3.05, 3.63) is 54.7 Å². The van der Waals surface area contributed by atoms with E-state index in [4.69, 9.17) is 9.47 Å². The third kappa shape index (κ3) is 7.55. The molecule has 2 heterocycles. The SMILES string of the molecule is OC[C@@H](O)[C@@H](O[C@H]1O[C@H](CO)[C@@H](O)[C@H](O)[C@H]1O)[C@H](O)[C@@H](O)/C(N=Nc1ccccn1)=N/Nc1ccccc1. The predicted molar refractivity (Wildman–Crippen MR) is 130 cm³/mol. The number of para-hydroxylation sites is 1. The lowest BCUT2D eigenvalue weighted by Crippen LogP contribution is -2.61. The van der Waals surface area contributed by atoms with Gasteiger partial charge in [-0.15, -0.1) is 10.2 Å². The van der Waals surface area contributed by atoms with Gasteiger partial charge < -0.3 is 50.3 Å². The first-order valence-electron chi connectivity index (χ1n) is 11.6. The minimum atomic E-state index is -2.05. The number of azo groups is 1. The molecule has 1 saturated heterocycles. The van der Waals surface area contributed by atoms with Gasteiger partial charge in [0.25, 0.3) is 0 Å². The van der Waals surface area contributed by atoms with Crippen molar-refractivity contribution >= 4 is 17.3 Å². The molecule has 0 radical (unpaired) electrons. The van der Waals surface area contributed by atoms with Gasteiger partial charge in [-0.2, -0.15) is 5.10 Å². The van der Waals surface area contributed by atoms with Gasteiger partial charge in [-0.05, 0) is 24.3 Å². The zero-order valence-electron chi connectivity index (χ0n) is 20.0. The van der Waals surface area contributed by atoms with Crippen LogP contribution in [0, 0.1) is 0 Å². The first-order valence-corrected chi connectivity index (χ1v) is 11.6. The van der Waals surface area contributed by atoms with E-state index in [0.29, 0.717) is 5.69 Å². The van der Waals surface area contributed by atoms with Crippen molar-refractivity contribution in [2.45, 2.75) is 55.1 Å². The van der Waals surface area contributed by atoms with Gasteiger partial charge in [-0.3, -0.25) is 5.43 Å². The highest BCUT2D eigenvalue weighted by molar-refractivity contribution is 5.88. The highest BCUT2D eigenvalue weighted by Crippen LogP contribution is 2.25. The normalized spacial score (nSPS) is 27.6. The Balaban J connectivity index is 1.86. The number of aromatic nitrogens is 1. The molecule has 208 valence electrons. The summed E-state index contributed by atoms with van der Waals surface area (Å²) in [7, 11) is 0. The van der Waals surface area contributed by atoms with Gasteiger partial charge in [0.15, 0.2) is 12.1 Å². The van der Waals surface area contributed by atoms with Crippen molar-refractivity contribution in [1.29, 1.82) is 0 Å². The number of aliphatic hydroxyl groups excluding tert-OH is 8.